The molecule has 1 aliphatic rings. The van der Waals surface area contributed by atoms with Gasteiger partial charge in [-0.15, -0.1) is 0 Å². The zero-order chi connectivity index (χ0) is 36.1. The van der Waals surface area contributed by atoms with Crippen LogP contribution in [0.3, 0.4) is 0 Å². The minimum absolute atomic E-state index is 0.124. The van der Waals surface area contributed by atoms with Gasteiger partial charge in [0.05, 0.1) is 48.0 Å². The summed E-state index contributed by atoms with van der Waals surface area (Å²) in [7, 11) is 0. The van der Waals surface area contributed by atoms with E-state index >= 15 is 0 Å². The summed E-state index contributed by atoms with van der Waals surface area (Å²) in [6.07, 6.45) is 0.438. The molecule has 0 saturated carbocycles. The third-order valence-electron chi connectivity index (χ3n) is 7.29. The molecule has 256 valence electrons. The van der Waals surface area contributed by atoms with Crippen LogP contribution in [-0.4, -0.2) is 40.2 Å². The number of thioether (sulfide) groups is 1. The van der Waals surface area contributed by atoms with E-state index in [1.807, 2.05) is 19.1 Å². The van der Waals surface area contributed by atoms with E-state index in [0.29, 0.717) is 27.1 Å². The second-order valence-corrected chi connectivity index (χ2v) is 13.9. The number of aliphatic imine (C=N–C) groups is 1. The average Bonchev–Trinajstić information content (AvgIpc) is 3.39. The van der Waals surface area contributed by atoms with E-state index in [4.69, 9.17) is 51.1 Å². The predicted molar refractivity (Wildman–Crippen MR) is 203 cm³/mol. The van der Waals surface area contributed by atoms with Crippen LogP contribution in [0, 0.1) is 6.92 Å². The molecule has 2 atom stereocenters. The normalized spacial score (nSPS) is 14.6. The molecule has 1 heterocycles. The first-order chi connectivity index (χ1) is 23.8. The molecular formula is C36H28Cl4N4O5S. The number of esters is 1. The maximum absolute atomic E-state index is 13.7. The lowest BCUT2D eigenvalue weighted by atomic mass is 10.1. The highest BCUT2D eigenvalue weighted by molar-refractivity contribution is 8.15. The van der Waals surface area contributed by atoms with Gasteiger partial charge < -0.3 is 15.4 Å². The van der Waals surface area contributed by atoms with Gasteiger partial charge in [0.2, 0.25) is 5.91 Å². The summed E-state index contributed by atoms with van der Waals surface area (Å²) >= 11 is 25.6. The van der Waals surface area contributed by atoms with Crippen LogP contribution in [0.15, 0.2) is 95.6 Å². The van der Waals surface area contributed by atoms with Crippen molar-refractivity contribution in [3.8, 4) is 0 Å². The zero-order valence-electron chi connectivity index (χ0n) is 26.7. The molecule has 14 heteroatoms. The Morgan fingerprint density at radius 1 is 0.800 bits per heavy atom. The van der Waals surface area contributed by atoms with Gasteiger partial charge in [-0.25, -0.2) is 9.79 Å². The smallest absolute Gasteiger partial charge is 0.338 e. The number of ether oxygens (including phenoxy) is 1. The van der Waals surface area contributed by atoms with Gasteiger partial charge in [-0.1, -0.05) is 100 Å². The van der Waals surface area contributed by atoms with Crippen molar-refractivity contribution >= 4 is 110 Å². The lowest BCUT2D eigenvalue weighted by Crippen LogP contribution is -2.33. The van der Waals surface area contributed by atoms with Crippen LogP contribution in [0.25, 0.3) is 6.08 Å². The fourth-order valence-electron chi connectivity index (χ4n) is 4.53. The van der Waals surface area contributed by atoms with Crippen molar-refractivity contribution in [1.29, 1.82) is 0 Å². The summed E-state index contributed by atoms with van der Waals surface area (Å²) < 4.78 is 5.35. The fourth-order valence-corrected chi connectivity index (χ4v) is 6.16. The Balaban J connectivity index is 1.30. The van der Waals surface area contributed by atoms with Crippen molar-refractivity contribution in [2.24, 2.45) is 4.99 Å². The average molecular weight is 771 g/mol. The monoisotopic (exact) mass is 768 g/mol. The number of amides is 3. The summed E-state index contributed by atoms with van der Waals surface area (Å²) in [5, 5.41) is 5.95. The van der Waals surface area contributed by atoms with E-state index in [-0.39, 0.29) is 37.9 Å². The second kappa shape index (κ2) is 16.1. The summed E-state index contributed by atoms with van der Waals surface area (Å²) in [6, 6.07) is 23.3. The molecule has 2 unspecified atom stereocenters. The second-order valence-electron chi connectivity index (χ2n) is 11.0. The number of hydrogen-bond acceptors (Lipinski definition) is 7. The minimum atomic E-state index is -1.14. The summed E-state index contributed by atoms with van der Waals surface area (Å²) in [6.45, 7) is 5.06. The van der Waals surface area contributed by atoms with Crippen LogP contribution in [0.5, 0.6) is 0 Å². The first-order valence-electron chi connectivity index (χ1n) is 15.0. The van der Waals surface area contributed by atoms with Crippen LogP contribution < -0.4 is 15.5 Å². The van der Waals surface area contributed by atoms with E-state index in [1.165, 1.54) is 24.0 Å². The van der Waals surface area contributed by atoms with Crippen molar-refractivity contribution < 1.29 is 23.9 Å². The Hall–Kier alpha value is -4.32. The highest BCUT2D eigenvalue weighted by Crippen LogP contribution is 2.34. The predicted octanol–water partition coefficient (Wildman–Crippen LogP) is 9.30. The number of amidine groups is 1. The molecule has 0 bridgehead atoms. The van der Waals surface area contributed by atoms with Crippen molar-refractivity contribution in [1.82, 2.24) is 0 Å². The Kier molecular flexibility index (Phi) is 11.9. The third-order valence-corrected chi connectivity index (χ3v) is 9.99. The third kappa shape index (κ3) is 8.69. The molecule has 4 aromatic rings. The van der Waals surface area contributed by atoms with E-state index < -0.39 is 29.1 Å². The molecule has 0 saturated heterocycles. The molecule has 0 radical (unpaired) electrons. The lowest BCUT2D eigenvalue weighted by Gasteiger charge is -2.20. The Bertz CT molecular complexity index is 2040. The van der Waals surface area contributed by atoms with Crippen LogP contribution in [-0.2, 0) is 19.1 Å². The van der Waals surface area contributed by atoms with Crippen molar-refractivity contribution in [2.75, 3.05) is 15.5 Å². The molecule has 2 N–H and O–H groups in total. The number of benzene rings is 4. The molecule has 0 aromatic heterocycles. The fraction of sp³-hybridized carbons (Fsp3) is 0.139. The number of anilines is 3. The Morgan fingerprint density at radius 3 is 1.94 bits per heavy atom. The largest absolute Gasteiger partial charge is 0.449 e. The van der Waals surface area contributed by atoms with E-state index in [2.05, 4.69) is 15.6 Å². The number of carbonyl (C=O) groups is 4. The Morgan fingerprint density at radius 2 is 1.36 bits per heavy atom. The maximum atomic E-state index is 13.7. The van der Waals surface area contributed by atoms with Gasteiger partial charge in [-0.3, -0.25) is 19.3 Å². The first-order valence-corrected chi connectivity index (χ1v) is 17.4. The highest BCUT2D eigenvalue weighted by atomic mass is 35.5. The zero-order valence-corrected chi connectivity index (χ0v) is 30.5. The van der Waals surface area contributed by atoms with Gasteiger partial charge in [0.1, 0.15) is 5.70 Å². The van der Waals surface area contributed by atoms with E-state index in [1.54, 1.807) is 73.7 Å². The minimum Gasteiger partial charge on any atom is -0.449 e. The van der Waals surface area contributed by atoms with Crippen molar-refractivity contribution in [2.45, 2.75) is 32.1 Å². The molecular weight excluding hydrogens is 742 g/mol. The van der Waals surface area contributed by atoms with Crippen LogP contribution in [0.2, 0.25) is 20.1 Å². The molecule has 0 aliphatic carbocycles. The number of rotatable bonds is 9. The molecule has 5 rings (SSSR count). The van der Waals surface area contributed by atoms with Gasteiger partial charge in [-0.05, 0) is 80.9 Å². The van der Waals surface area contributed by atoms with Crippen LogP contribution in [0.1, 0.15) is 35.3 Å². The molecule has 4 aromatic carbocycles. The van der Waals surface area contributed by atoms with Gasteiger partial charge in [0.25, 0.3) is 11.8 Å². The highest BCUT2D eigenvalue weighted by Gasteiger charge is 2.34. The first kappa shape index (κ1) is 36.9. The summed E-state index contributed by atoms with van der Waals surface area (Å²) in [4.78, 5) is 58.4. The van der Waals surface area contributed by atoms with E-state index in [0.717, 1.165) is 17.3 Å². The summed E-state index contributed by atoms with van der Waals surface area (Å²) in [5.41, 5.74) is 3.12. The molecule has 0 spiro atoms. The maximum Gasteiger partial charge on any atom is 0.338 e. The number of aryl methyl sites for hydroxylation is 1. The van der Waals surface area contributed by atoms with Crippen LogP contribution >= 0.6 is 58.2 Å². The quantitative estimate of drug-likeness (QED) is 0.130. The number of nitrogens with zero attached hydrogens (tertiary/aromatic N) is 2. The molecule has 50 heavy (non-hydrogen) atoms. The lowest BCUT2D eigenvalue weighted by molar-refractivity contribution is -0.123. The number of hydrogen-bond donors (Lipinski definition) is 2. The van der Waals surface area contributed by atoms with Crippen molar-refractivity contribution in [3.63, 3.8) is 0 Å². The molecule has 9 nitrogen and oxygen atoms in total. The van der Waals surface area contributed by atoms with E-state index in [9.17, 15) is 19.2 Å². The molecule has 0 fully saturated rings. The van der Waals surface area contributed by atoms with Gasteiger partial charge in [0.15, 0.2) is 11.3 Å². The standard InChI is InChI=1S/C36H28Cl4N4O5S/c1-19-10-16-24(17-11-19)44-34(47)29(43-36(44)50-21(3)33(46)42-28-9-5-7-26(38)31(28)40)18-22-12-14-23(15-13-22)35(48)49-20(2)32(45)41-27-8-4-6-25(37)30(27)39/h4-18,20-21H,1-3H3,(H,41,45)(H,42,46)/b29-18+. The topological polar surface area (TPSA) is 117 Å². The molecule has 3 amide bonds. The SMILES string of the molecule is Cc1ccc(N2C(=O)/C(=C\c3ccc(C(=O)OC(C)C(=O)Nc4cccc(Cl)c4Cl)cc3)N=C2SC(C)C(=O)Nc2cccc(Cl)c2Cl)cc1. The summed E-state index contributed by atoms with van der Waals surface area (Å²) in [5.74, 6) is -2.08. The number of carbonyl (C=O) groups excluding carboxylic acids is 4. The van der Waals surface area contributed by atoms with Crippen molar-refractivity contribution in [3.05, 3.63) is 127 Å². The number of halogens is 4. The van der Waals surface area contributed by atoms with Gasteiger partial charge >= 0.3 is 5.97 Å². The van der Waals surface area contributed by atoms with Gasteiger partial charge in [-0.2, -0.15) is 0 Å². The van der Waals surface area contributed by atoms with Gasteiger partial charge in [0, 0.05) is 0 Å². The number of nitrogens with one attached hydrogen (secondary N) is 2. The van der Waals surface area contributed by atoms with Crippen LogP contribution in [0.4, 0.5) is 17.1 Å². The molecule has 1 aliphatic heterocycles. The Labute approximate surface area is 312 Å².